The summed E-state index contributed by atoms with van der Waals surface area (Å²) in [6.45, 7) is 0.889. The van der Waals surface area contributed by atoms with Gasteiger partial charge in [0.05, 0.1) is 6.10 Å². The highest BCUT2D eigenvalue weighted by molar-refractivity contribution is 7.99. The first-order valence-electron chi connectivity index (χ1n) is 6.67. The van der Waals surface area contributed by atoms with Crippen LogP contribution in [0, 0.1) is 0 Å². The third-order valence-electron chi connectivity index (χ3n) is 3.17. The van der Waals surface area contributed by atoms with Crippen LogP contribution in [0.2, 0.25) is 0 Å². The van der Waals surface area contributed by atoms with Gasteiger partial charge in [0.15, 0.2) is 0 Å². The van der Waals surface area contributed by atoms with Gasteiger partial charge < -0.3 is 10.4 Å². The van der Waals surface area contributed by atoms with Gasteiger partial charge in [-0.05, 0) is 31.1 Å². The number of rotatable bonds is 6. The van der Waals surface area contributed by atoms with Gasteiger partial charge in [-0.3, -0.25) is 0 Å². The van der Waals surface area contributed by atoms with Gasteiger partial charge in [-0.15, -0.1) is 0 Å². The maximum atomic E-state index is 9.85. The zero-order valence-corrected chi connectivity index (χ0v) is 11.4. The van der Waals surface area contributed by atoms with Gasteiger partial charge in [0.2, 0.25) is 5.95 Å². The zero-order valence-electron chi connectivity index (χ0n) is 10.6. The molecule has 0 spiro atoms. The van der Waals surface area contributed by atoms with E-state index >= 15 is 0 Å². The monoisotopic (exact) mass is 267 g/mol. The Morgan fingerprint density at radius 2 is 2.06 bits per heavy atom. The van der Waals surface area contributed by atoms with Crippen molar-refractivity contribution in [2.45, 2.75) is 43.5 Å². The number of thioether (sulfide) groups is 1. The van der Waals surface area contributed by atoms with Crippen LogP contribution in [-0.2, 0) is 0 Å². The van der Waals surface area contributed by atoms with Crippen molar-refractivity contribution in [1.82, 2.24) is 9.97 Å². The highest BCUT2D eigenvalue weighted by atomic mass is 32.2. The standard InChI is InChI=1S/C13H21N3OS/c17-11-5-1-2-6-12(11)18-10-4-9-16-13-14-7-3-8-15-13/h3,7-8,11-12,17H,1-2,4-6,9-10H2,(H,14,15,16). The molecule has 1 aromatic heterocycles. The second-order valence-electron chi connectivity index (χ2n) is 4.61. The predicted octanol–water partition coefficient (Wildman–Crippen LogP) is 2.32. The number of aromatic nitrogens is 2. The molecule has 2 rings (SSSR count). The van der Waals surface area contributed by atoms with Gasteiger partial charge in [0.25, 0.3) is 0 Å². The maximum absolute atomic E-state index is 9.85. The number of nitrogens with one attached hydrogen (secondary N) is 1. The lowest BCUT2D eigenvalue weighted by atomic mass is 9.97. The molecule has 0 amide bonds. The van der Waals surface area contributed by atoms with Gasteiger partial charge >= 0.3 is 0 Å². The van der Waals surface area contributed by atoms with E-state index in [-0.39, 0.29) is 6.10 Å². The van der Waals surface area contributed by atoms with Crippen LogP contribution in [0.5, 0.6) is 0 Å². The van der Waals surface area contributed by atoms with Gasteiger partial charge in [0, 0.05) is 24.2 Å². The van der Waals surface area contributed by atoms with E-state index in [9.17, 15) is 5.11 Å². The lowest BCUT2D eigenvalue weighted by Crippen LogP contribution is -2.27. The second-order valence-corrected chi connectivity index (χ2v) is 5.96. The second kappa shape index (κ2) is 7.59. The van der Waals surface area contributed by atoms with Crippen LogP contribution in [-0.4, -0.2) is 38.7 Å². The number of anilines is 1. The Morgan fingerprint density at radius 1 is 1.28 bits per heavy atom. The summed E-state index contributed by atoms with van der Waals surface area (Å²) in [5.74, 6) is 1.78. The fourth-order valence-electron chi connectivity index (χ4n) is 2.17. The van der Waals surface area contributed by atoms with Crippen LogP contribution in [0.15, 0.2) is 18.5 Å². The van der Waals surface area contributed by atoms with Crippen molar-refractivity contribution in [2.75, 3.05) is 17.6 Å². The van der Waals surface area contributed by atoms with Crippen molar-refractivity contribution >= 4 is 17.7 Å². The summed E-state index contributed by atoms with van der Waals surface area (Å²) >= 11 is 1.91. The minimum absolute atomic E-state index is 0.0887. The molecule has 1 aromatic rings. The SMILES string of the molecule is OC1CCCCC1SCCCNc1ncccn1. The summed E-state index contributed by atoms with van der Waals surface area (Å²) in [7, 11) is 0. The van der Waals surface area contributed by atoms with Crippen LogP contribution >= 0.6 is 11.8 Å². The first-order chi connectivity index (χ1) is 8.86. The van der Waals surface area contributed by atoms with Crippen molar-refractivity contribution in [2.24, 2.45) is 0 Å². The molecule has 18 heavy (non-hydrogen) atoms. The zero-order chi connectivity index (χ0) is 12.6. The Hall–Kier alpha value is -0.810. The molecular formula is C13H21N3OS. The Balaban J connectivity index is 1.56. The lowest BCUT2D eigenvalue weighted by Gasteiger charge is -2.26. The van der Waals surface area contributed by atoms with Gasteiger partial charge in [-0.1, -0.05) is 12.8 Å². The molecule has 2 unspecified atom stereocenters. The molecule has 1 heterocycles. The van der Waals surface area contributed by atoms with E-state index in [0.717, 1.165) is 25.1 Å². The molecule has 2 N–H and O–H groups in total. The van der Waals surface area contributed by atoms with Crippen LogP contribution in [0.4, 0.5) is 5.95 Å². The molecular weight excluding hydrogens is 246 g/mol. The summed E-state index contributed by atoms with van der Waals surface area (Å²) < 4.78 is 0. The molecule has 0 aromatic carbocycles. The Morgan fingerprint density at radius 3 is 2.83 bits per heavy atom. The van der Waals surface area contributed by atoms with Gasteiger partial charge in [-0.25, -0.2) is 9.97 Å². The topological polar surface area (TPSA) is 58.0 Å². The van der Waals surface area contributed by atoms with Crippen LogP contribution in [0.1, 0.15) is 32.1 Å². The number of hydrogen-bond donors (Lipinski definition) is 2. The first-order valence-corrected chi connectivity index (χ1v) is 7.71. The molecule has 1 saturated carbocycles. The molecule has 5 heteroatoms. The quantitative estimate of drug-likeness (QED) is 0.775. The molecule has 1 aliphatic carbocycles. The number of aliphatic hydroxyl groups is 1. The Kier molecular flexibility index (Phi) is 5.74. The normalized spacial score (nSPS) is 23.8. The fraction of sp³-hybridized carbons (Fsp3) is 0.692. The smallest absolute Gasteiger partial charge is 0.222 e. The van der Waals surface area contributed by atoms with Crippen LogP contribution in [0.25, 0.3) is 0 Å². The Labute approximate surface area is 113 Å². The van der Waals surface area contributed by atoms with E-state index in [0.29, 0.717) is 11.2 Å². The summed E-state index contributed by atoms with van der Waals surface area (Å²) in [6, 6.07) is 1.81. The molecule has 100 valence electrons. The predicted molar refractivity (Wildman–Crippen MR) is 75.9 cm³/mol. The molecule has 0 aliphatic heterocycles. The third kappa shape index (κ3) is 4.46. The lowest BCUT2D eigenvalue weighted by molar-refractivity contribution is 0.137. The average molecular weight is 267 g/mol. The maximum Gasteiger partial charge on any atom is 0.222 e. The van der Waals surface area contributed by atoms with E-state index in [1.807, 2.05) is 17.8 Å². The minimum Gasteiger partial charge on any atom is -0.392 e. The molecule has 0 radical (unpaired) electrons. The Bertz CT molecular complexity index is 336. The number of hydrogen-bond acceptors (Lipinski definition) is 5. The average Bonchev–Trinajstić information content (AvgIpc) is 2.42. The summed E-state index contributed by atoms with van der Waals surface area (Å²) in [4.78, 5) is 8.22. The highest BCUT2D eigenvalue weighted by Crippen LogP contribution is 2.28. The summed E-state index contributed by atoms with van der Waals surface area (Å²) in [5.41, 5.74) is 0. The number of aliphatic hydroxyl groups excluding tert-OH is 1. The van der Waals surface area contributed by atoms with Crippen LogP contribution < -0.4 is 5.32 Å². The van der Waals surface area contributed by atoms with Crippen molar-refractivity contribution in [3.8, 4) is 0 Å². The van der Waals surface area contributed by atoms with Crippen LogP contribution in [0.3, 0.4) is 0 Å². The van der Waals surface area contributed by atoms with Crippen molar-refractivity contribution < 1.29 is 5.11 Å². The molecule has 0 bridgehead atoms. The van der Waals surface area contributed by atoms with E-state index in [4.69, 9.17) is 0 Å². The highest BCUT2D eigenvalue weighted by Gasteiger charge is 2.22. The molecule has 4 nitrogen and oxygen atoms in total. The van der Waals surface area contributed by atoms with E-state index < -0.39 is 0 Å². The summed E-state index contributed by atoms with van der Waals surface area (Å²) in [5, 5.41) is 13.5. The largest absolute Gasteiger partial charge is 0.392 e. The van der Waals surface area contributed by atoms with Crippen molar-refractivity contribution in [3.63, 3.8) is 0 Å². The molecule has 1 fully saturated rings. The van der Waals surface area contributed by atoms with Crippen molar-refractivity contribution in [1.29, 1.82) is 0 Å². The van der Waals surface area contributed by atoms with E-state index in [1.54, 1.807) is 12.4 Å². The van der Waals surface area contributed by atoms with Gasteiger partial charge in [0.1, 0.15) is 0 Å². The van der Waals surface area contributed by atoms with Crippen molar-refractivity contribution in [3.05, 3.63) is 18.5 Å². The van der Waals surface area contributed by atoms with Gasteiger partial charge in [-0.2, -0.15) is 11.8 Å². The minimum atomic E-state index is -0.0887. The van der Waals surface area contributed by atoms with E-state index in [2.05, 4.69) is 15.3 Å². The molecule has 0 saturated heterocycles. The first kappa shape index (κ1) is 13.6. The number of nitrogens with zero attached hydrogens (tertiary/aromatic N) is 2. The fourth-order valence-corrected chi connectivity index (χ4v) is 3.47. The third-order valence-corrected chi connectivity index (χ3v) is 4.67. The summed E-state index contributed by atoms with van der Waals surface area (Å²) in [6.07, 6.45) is 9.07. The van der Waals surface area contributed by atoms with E-state index in [1.165, 1.54) is 19.3 Å². The molecule has 1 aliphatic rings. The molecule has 2 atom stereocenters.